The van der Waals surface area contributed by atoms with E-state index in [1.54, 1.807) is 25.3 Å². The Morgan fingerprint density at radius 2 is 2.14 bits per heavy atom. The third kappa shape index (κ3) is 5.97. The maximum atomic E-state index is 13.1. The molecule has 3 N–H and O–H groups in total. The Morgan fingerprint density at radius 3 is 2.82 bits per heavy atom. The van der Waals surface area contributed by atoms with Crippen molar-refractivity contribution in [2.24, 2.45) is 10.7 Å². The second-order valence-corrected chi connectivity index (χ2v) is 4.78. The highest BCUT2D eigenvalue weighted by molar-refractivity contribution is 14.0. The average Bonchev–Trinajstić information content (AvgIpc) is 2.49. The van der Waals surface area contributed by atoms with Gasteiger partial charge in [-0.05, 0) is 36.2 Å². The van der Waals surface area contributed by atoms with E-state index in [-0.39, 0.29) is 29.8 Å². The van der Waals surface area contributed by atoms with E-state index in [1.807, 2.05) is 18.2 Å². The molecule has 0 fully saturated rings. The average molecular weight is 414 g/mol. The number of aromatic nitrogens is 1. The molecule has 6 heteroatoms. The van der Waals surface area contributed by atoms with Gasteiger partial charge >= 0.3 is 0 Å². The highest BCUT2D eigenvalue weighted by Gasteiger charge is 1.99. The molecule has 0 atom stereocenters. The van der Waals surface area contributed by atoms with Crippen molar-refractivity contribution in [3.63, 3.8) is 0 Å². The summed E-state index contributed by atoms with van der Waals surface area (Å²) in [4.78, 5) is 8.47. The van der Waals surface area contributed by atoms with E-state index in [9.17, 15) is 4.39 Å². The standard InChI is InChI=1S/C16H19FN4.HI/c1-12-10-13(5-6-15(12)17)11-21-16(18)20-9-7-14-4-2-3-8-19-14;/h2-6,8,10H,7,9,11H2,1H3,(H3,18,20,21);1H. The number of hydrogen-bond acceptors (Lipinski definition) is 2. The van der Waals surface area contributed by atoms with E-state index < -0.39 is 0 Å². The van der Waals surface area contributed by atoms with Crippen LogP contribution in [0, 0.1) is 12.7 Å². The zero-order valence-corrected chi connectivity index (χ0v) is 14.8. The molecule has 22 heavy (non-hydrogen) atoms. The van der Waals surface area contributed by atoms with Gasteiger partial charge in [0.2, 0.25) is 0 Å². The number of nitrogens with zero attached hydrogens (tertiary/aromatic N) is 2. The molecule has 1 heterocycles. The number of nitrogens with one attached hydrogen (secondary N) is 1. The van der Waals surface area contributed by atoms with Gasteiger partial charge in [0.25, 0.3) is 0 Å². The number of benzene rings is 1. The summed E-state index contributed by atoms with van der Waals surface area (Å²) >= 11 is 0. The molecule has 4 nitrogen and oxygen atoms in total. The van der Waals surface area contributed by atoms with Crippen molar-refractivity contribution in [3.8, 4) is 0 Å². The summed E-state index contributed by atoms with van der Waals surface area (Å²) in [5.74, 6) is 0.178. The molecule has 1 aromatic heterocycles. The molecule has 0 radical (unpaired) electrons. The van der Waals surface area contributed by atoms with Gasteiger partial charge in [-0.3, -0.25) is 4.98 Å². The van der Waals surface area contributed by atoms with Gasteiger partial charge in [0.15, 0.2) is 5.96 Å². The number of halogens is 2. The van der Waals surface area contributed by atoms with Gasteiger partial charge in [-0.15, -0.1) is 24.0 Å². The van der Waals surface area contributed by atoms with Gasteiger partial charge < -0.3 is 11.1 Å². The topological polar surface area (TPSA) is 63.3 Å². The van der Waals surface area contributed by atoms with Gasteiger partial charge in [0, 0.05) is 24.9 Å². The summed E-state index contributed by atoms with van der Waals surface area (Å²) in [5.41, 5.74) is 8.35. The molecule has 0 saturated heterocycles. The van der Waals surface area contributed by atoms with Gasteiger partial charge in [0.1, 0.15) is 5.82 Å². The Bertz CT molecular complexity index is 617. The second kappa shape index (κ2) is 9.34. The molecule has 0 amide bonds. The predicted molar refractivity (Wildman–Crippen MR) is 97.8 cm³/mol. The number of aryl methyl sites for hydroxylation is 1. The smallest absolute Gasteiger partial charge is 0.188 e. The van der Waals surface area contributed by atoms with Gasteiger partial charge in [-0.25, -0.2) is 9.38 Å². The van der Waals surface area contributed by atoms with Crippen LogP contribution in [0.15, 0.2) is 47.6 Å². The maximum absolute atomic E-state index is 13.1. The summed E-state index contributed by atoms with van der Waals surface area (Å²) < 4.78 is 13.1. The van der Waals surface area contributed by atoms with Crippen LogP contribution in [0.25, 0.3) is 0 Å². The van der Waals surface area contributed by atoms with E-state index in [4.69, 9.17) is 5.73 Å². The van der Waals surface area contributed by atoms with Crippen molar-refractivity contribution in [2.75, 3.05) is 6.54 Å². The fourth-order valence-electron chi connectivity index (χ4n) is 1.90. The van der Waals surface area contributed by atoms with Crippen LogP contribution < -0.4 is 11.1 Å². The van der Waals surface area contributed by atoms with Crippen molar-refractivity contribution < 1.29 is 4.39 Å². The lowest BCUT2D eigenvalue weighted by molar-refractivity contribution is 0.617. The molecule has 0 aliphatic rings. The quantitative estimate of drug-likeness (QED) is 0.450. The van der Waals surface area contributed by atoms with E-state index in [2.05, 4.69) is 15.3 Å². The molecule has 118 valence electrons. The molecule has 0 bridgehead atoms. The lowest BCUT2D eigenvalue weighted by Gasteiger charge is -2.06. The lowest BCUT2D eigenvalue weighted by Crippen LogP contribution is -2.33. The largest absolute Gasteiger partial charge is 0.370 e. The van der Waals surface area contributed by atoms with Crippen LogP contribution in [0.3, 0.4) is 0 Å². The predicted octanol–water partition coefficient (Wildman–Crippen LogP) is 2.79. The SMILES string of the molecule is Cc1cc(CN=C(N)NCCc2ccccn2)ccc1F.I. The minimum Gasteiger partial charge on any atom is -0.370 e. The van der Waals surface area contributed by atoms with Crippen molar-refractivity contribution in [1.29, 1.82) is 0 Å². The summed E-state index contributed by atoms with van der Waals surface area (Å²) in [7, 11) is 0. The number of rotatable bonds is 5. The summed E-state index contributed by atoms with van der Waals surface area (Å²) in [6.07, 6.45) is 2.55. The molecular weight excluding hydrogens is 394 g/mol. The Kier molecular flexibility index (Phi) is 7.79. The van der Waals surface area contributed by atoms with Crippen LogP contribution in [0.2, 0.25) is 0 Å². The zero-order chi connectivity index (χ0) is 15.1. The minimum atomic E-state index is -0.204. The molecule has 1 aromatic carbocycles. The number of guanidine groups is 1. The second-order valence-electron chi connectivity index (χ2n) is 4.78. The highest BCUT2D eigenvalue weighted by atomic mass is 127. The molecular formula is C16H20FIN4. The Labute approximate surface area is 147 Å². The van der Waals surface area contributed by atoms with Crippen LogP contribution >= 0.6 is 24.0 Å². The van der Waals surface area contributed by atoms with Crippen molar-refractivity contribution in [1.82, 2.24) is 10.3 Å². The molecule has 0 aliphatic carbocycles. The molecule has 0 unspecified atom stereocenters. The van der Waals surface area contributed by atoms with Gasteiger partial charge in [0.05, 0.1) is 6.54 Å². The number of aliphatic imine (C=N–C) groups is 1. The molecule has 2 rings (SSSR count). The van der Waals surface area contributed by atoms with Gasteiger partial charge in [-0.1, -0.05) is 18.2 Å². The van der Waals surface area contributed by atoms with E-state index in [0.29, 0.717) is 24.6 Å². The van der Waals surface area contributed by atoms with E-state index in [0.717, 1.165) is 17.7 Å². The monoisotopic (exact) mass is 414 g/mol. The van der Waals surface area contributed by atoms with E-state index in [1.165, 1.54) is 6.07 Å². The molecule has 2 aromatic rings. The summed E-state index contributed by atoms with van der Waals surface area (Å²) in [5, 5.41) is 3.04. The summed E-state index contributed by atoms with van der Waals surface area (Å²) in [6, 6.07) is 10.8. The van der Waals surface area contributed by atoms with Crippen LogP contribution in [-0.4, -0.2) is 17.5 Å². The first kappa shape index (κ1) is 18.3. The third-order valence-corrected chi connectivity index (χ3v) is 3.07. The fourth-order valence-corrected chi connectivity index (χ4v) is 1.90. The van der Waals surface area contributed by atoms with Crippen molar-refractivity contribution in [3.05, 3.63) is 65.2 Å². The van der Waals surface area contributed by atoms with Crippen LogP contribution in [0.1, 0.15) is 16.8 Å². The maximum Gasteiger partial charge on any atom is 0.188 e. The van der Waals surface area contributed by atoms with E-state index >= 15 is 0 Å². The van der Waals surface area contributed by atoms with Crippen molar-refractivity contribution >= 4 is 29.9 Å². The minimum absolute atomic E-state index is 0. The van der Waals surface area contributed by atoms with Crippen molar-refractivity contribution in [2.45, 2.75) is 19.9 Å². The molecule has 0 aliphatic heterocycles. The lowest BCUT2D eigenvalue weighted by atomic mass is 10.1. The Balaban J connectivity index is 0.00000242. The number of pyridine rings is 1. The highest BCUT2D eigenvalue weighted by Crippen LogP contribution is 2.09. The first-order valence-electron chi connectivity index (χ1n) is 6.84. The first-order chi connectivity index (χ1) is 10.1. The summed E-state index contributed by atoms with van der Waals surface area (Å²) in [6.45, 7) is 2.84. The number of nitrogens with two attached hydrogens (primary N) is 1. The van der Waals surface area contributed by atoms with Crippen LogP contribution in [0.5, 0.6) is 0 Å². The van der Waals surface area contributed by atoms with Crippen LogP contribution in [0.4, 0.5) is 4.39 Å². The Morgan fingerprint density at radius 1 is 1.32 bits per heavy atom. The van der Waals surface area contributed by atoms with Crippen LogP contribution in [-0.2, 0) is 13.0 Å². The van der Waals surface area contributed by atoms with Gasteiger partial charge in [-0.2, -0.15) is 0 Å². The normalized spacial score (nSPS) is 10.9. The molecule has 0 spiro atoms. The zero-order valence-electron chi connectivity index (χ0n) is 12.4. The first-order valence-corrected chi connectivity index (χ1v) is 6.84. The fraction of sp³-hybridized carbons (Fsp3) is 0.250. The third-order valence-electron chi connectivity index (χ3n) is 3.07. The number of hydrogen-bond donors (Lipinski definition) is 2. The molecule has 0 saturated carbocycles. The Hall–Kier alpha value is -1.70.